The summed E-state index contributed by atoms with van der Waals surface area (Å²) in [5.74, 6) is 0. The van der Waals surface area contributed by atoms with Crippen LogP contribution >= 0.6 is 23.4 Å². The summed E-state index contributed by atoms with van der Waals surface area (Å²) in [6.07, 6.45) is 0. The van der Waals surface area contributed by atoms with Crippen molar-refractivity contribution in [2.45, 2.75) is 6.04 Å². The van der Waals surface area contributed by atoms with Gasteiger partial charge in [-0.25, -0.2) is 4.99 Å². The normalized spacial score (nSPS) is 26.1. The lowest BCUT2D eigenvalue weighted by Gasteiger charge is -1.96. The van der Waals surface area contributed by atoms with Crippen LogP contribution in [0.2, 0.25) is 0 Å². The van der Waals surface area contributed by atoms with Gasteiger partial charge in [0, 0.05) is 0 Å². The molecule has 0 aromatic carbocycles. The van der Waals surface area contributed by atoms with Gasteiger partial charge in [-0.3, -0.25) is 15.1 Å². The quantitative estimate of drug-likeness (QED) is 0.366. The second-order valence-electron chi connectivity index (χ2n) is 2.16. The first-order valence-corrected chi connectivity index (χ1v) is 4.27. The largest absolute Gasteiger partial charge is 0.314 e. The molecule has 0 aromatic rings. The highest BCUT2D eigenvalue weighted by Crippen LogP contribution is 2.33. The first kappa shape index (κ1) is 7.75. The zero-order chi connectivity index (χ0) is 8.72. The minimum atomic E-state index is -0.558. The Morgan fingerprint density at radius 1 is 1.75 bits per heavy atom. The Labute approximate surface area is 76.4 Å². The van der Waals surface area contributed by atoms with E-state index in [1.807, 2.05) is 0 Å². The van der Waals surface area contributed by atoms with E-state index in [4.69, 9.17) is 11.6 Å². The third kappa shape index (κ3) is 0.953. The summed E-state index contributed by atoms with van der Waals surface area (Å²) in [4.78, 5) is 17.6. The molecule has 1 unspecified atom stereocenters. The van der Waals surface area contributed by atoms with Crippen molar-refractivity contribution in [3.8, 4) is 0 Å². The number of hydrogen-bond donors (Lipinski definition) is 0. The van der Waals surface area contributed by atoms with Crippen molar-refractivity contribution in [1.82, 2.24) is 0 Å². The molecule has 0 amide bonds. The van der Waals surface area contributed by atoms with Gasteiger partial charge in [0.15, 0.2) is 6.04 Å². The van der Waals surface area contributed by atoms with E-state index < -0.39 is 11.0 Å². The summed E-state index contributed by atoms with van der Waals surface area (Å²) < 4.78 is 0. The molecular weight excluding hydrogens is 202 g/mol. The number of fused-ring (bicyclic) bond motifs is 1. The lowest BCUT2D eigenvalue weighted by atomic mass is 10.3. The van der Waals surface area contributed by atoms with Gasteiger partial charge in [-0.05, 0) is 0 Å². The van der Waals surface area contributed by atoms with Crippen LogP contribution < -0.4 is 0 Å². The van der Waals surface area contributed by atoms with E-state index in [2.05, 4.69) is 9.98 Å². The highest BCUT2D eigenvalue weighted by molar-refractivity contribution is 8.25. The lowest BCUT2D eigenvalue weighted by molar-refractivity contribution is -0.427. The summed E-state index contributed by atoms with van der Waals surface area (Å²) >= 11 is 6.80. The molecule has 5 nitrogen and oxygen atoms in total. The van der Waals surface area contributed by atoms with Crippen molar-refractivity contribution in [2.75, 3.05) is 0 Å². The fourth-order valence-corrected chi connectivity index (χ4v) is 2.04. The molecule has 62 valence electrons. The van der Waals surface area contributed by atoms with Crippen molar-refractivity contribution < 1.29 is 4.92 Å². The zero-order valence-corrected chi connectivity index (χ0v) is 7.17. The molecule has 0 saturated carbocycles. The van der Waals surface area contributed by atoms with Gasteiger partial charge in [0.1, 0.15) is 5.04 Å². The third-order valence-corrected chi connectivity index (χ3v) is 2.55. The third-order valence-electron chi connectivity index (χ3n) is 1.49. The van der Waals surface area contributed by atoms with Gasteiger partial charge in [-0.2, -0.15) is 0 Å². The Morgan fingerprint density at radius 2 is 2.50 bits per heavy atom. The SMILES string of the molecule is O=[N+]([O-])C1=C(Cl)N=C2SC=NC21. The molecule has 0 aromatic heterocycles. The Hall–Kier alpha value is -0.880. The van der Waals surface area contributed by atoms with Crippen LogP contribution in [-0.4, -0.2) is 21.6 Å². The van der Waals surface area contributed by atoms with Gasteiger partial charge in [0.25, 0.3) is 0 Å². The Balaban J connectivity index is 2.42. The molecule has 0 spiro atoms. The summed E-state index contributed by atoms with van der Waals surface area (Å²) in [7, 11) is 0. The van der Waals surface area contributed by atoms with Crippen LogP contribution in [0, 0.1) is 10.1 Å². The van der Waals surface area contributed by atoms with Crippen LogP contribution in [-0.2, 0) is 0 Å². The fraction of sp³-hybridized carbons (Fsp3) is 0.200. The van der Waals surface area contributed by atoms with E-state index in [0.29, 0.717) is 5.04 Å². The standard InChI is InChI=1S/C5H2ClN3O2S/c6-4-3(9(10)11)2-5(8-4)12-1-7-2/h1-2H. The maximum absolute atomic E-state index is 10.5. The second kappa shape index (κ2) is 2.56. The van der Waals surface area contributed by atoms with Crippen molar-refractivity contribution in [1.29, 1.82) is 0 Å². The number of nitro groups is 1. The number of halogens is 1. The second-order valence-corrected chi connectivity index (χ2v) is 3.38. The van der Waals surface area contributed by atoms with Gasteiger partial charge in [0.2, 0.25) is 5.16 Å². The van der Waals surface area contributed by atoms with Gasteiger partial charge in [0.05, 0.1) is 10.5 Å². The number of rotatable bonds is 1. The molecule has 2 aliphatic heterocycles. The van der Waals surface area contributed by atoms with E-state index in [0.717, 1.165) is 0 Å². The molecule has 0 fully saturated rings. The van der Waals surface area contributed by atoms with Crippen LogP contribution in [0.1, 0.15) is 0 Å². The van der Waals surface area contributed by atoms with Gasteiger partial charge in [-0.15, -0.1) is 0 Å². The van der Waals surface area contributed by atoms with E-state index in [9.17, 15) is 10.1 Å². The molecule has 0 aliphatic carbocycles. The maximum atomic E-state index is 10.5. The topological polar surface area (TPSA) is 67.9 Å². The smallest absolute Gasteiger partial charge is 0.264 e. The molecule has 0 radical (unpaired) electrons. The van der Waals surface area contributed by atoms with Gasteiger partial charge < -0.3 is 0 Å². The van der Waals surface area contributed by atoms with Gasteiger partial charge >= 0.3 is 5.70 Å². The Morgan fingerprint density at radius 3 is 3.17 bits per heavy atom. The average Bonchev–Trinajstić information content (AvgIpc) is 2.44. The number of hydrogen-bond acceptors (Lipinski definition) is 5. The van der Waals surface area contributed by atoms with E-state index >= 15 is 0 Å². The molecule has 2 aliphatic rings. The van der Waals surface area contributed by atoms with E-state index in [-0.39, 0.29) is 10.9 Å². The number of thioether (sulfide) groups is 1. The van der Waals surface area contributed by atoms with Crippen LogP contribution in [0.15, 0.2) is 20.8 Å². The van der Waals surface area contributed by atoms with Crippen LogP contribution in [0.3, 0.4) is 0 Å². The minimum absolute atomic E-state index is 0.0515. The van der Waals surface area contributed by atoms with Crippen LogP contribution in [0.4, 0.5) is 0 Å². The zero-order valence-electron chi connectivity index (χ0n) is 5.60. The highest BCUT2D eigenvalue weighted by atomic mass is 35.5. The lowest BCUT2D eigenvalue weighted by Crippen LogP contribution is -2.16. The van der Waals surface area contributed by atoms with Crippen LogP contribution in [0.25, 0.3) is 0 Å². The molecule has 7 heteroatoms. The van der Waals surface area contributed by atoms with E-state index in [1.54, 1.807) is 0 Å². The summed E-state index contributed by atoms with van der Waals surface area (Å²) in [6.45, 7) is 0. The predicted octanol–water partition coefficient (Wildman–Crippen LogP) is 1.23. The molecule has 0 bridgehead atoms. The fourth-order valence-electron chi connectivity index (χ4n) is 0.991. The molecule has 12 heavy (non-hydrogen) atoms. The predicted molar refractivity (Wildman–Crippen MR) is 47.2 cm³/mol. The van der Waals surface area contributed by atoms with Crippen molar-refractivity contribution in [3.63, 3.8) is 0 Å². The minimum Gasteiger partial charge on any atom is -0.264 e. The molecule has 0 N–H and O–H groups in total. The van der Waals surface area contributed by atoms with Gasteiger partial charge in [-0.1, -0.05) is 23.4 Å². The average molecular weight is 204 g/mol. The molecule has 1 atom stereocenters. The summed E-state index contributed by atoms with van der Waals surface area (Å²) in [5.41, 5.74) is 1.42. The molecular formula is C5H2ClN3O2S. The Bertz CT molecular complexity index is 349. The Kier molecular flexibility index (Phi) is 1.66. The summed E-state index contributed by atoms with van der Waals surface area (Å²) in [6, 6.07) is -0.558. The number of nitrogens with zero attached hydrogens (tertiary/aromatic N) is 3. The molecule has 0 saturated heterocycles. The van der Waals surface area contributed by atoms with E-state index in [1.165, 1.54) is 17.3 Å². The highest BCUT2D eigenvalue weighted by Gasteiger charge is 2.40. The van der Waals surface area contributed by atoms with Crippen molar-refractivity contribution >= 4 is 34.0 Å². The number of aliphatic imine (C=N–C) groups is 2. The maximum Gasteiger partial charge on any atom is 0.314 e. The van der Waals surface area contributed by atoms with Crippen molar-refractivity contribution in [2.24, 2.45) is 9.98 Å². The van der Waals surface area contributed by atoms with Crippen LogP contribution in [0.5, 0.6) is 0 Å². The van der Waals surface area contributed by atoms with Crippen molar-refractivity contribution in [3.05, 3.63) is 21.0 Å². The first-order chi connectivity index (χ1) is 5.70. The first-order valence-electron chi connectivity index (χ1n) is 3.01. The monoisotopic (exact) mass is 203 g/mol. The summed E-state index contributed by atoms with van der Waals surface area (Å²) in [5, 5.41) is 11.0. The molecule has 2 rings (SSSR count). The molecule has 2 heterocycles.